The highest BCUT2D eigenvalue weighted by Gasteiger charge is 2.41. The molecule has 0 spiro atoms. The van der Waals surface area contributed by atoms with Crippen LogP contribution in [0.15, 0.2) is 48.5 Å². The fraction of sp³-hybridized carbons (Fsp3) is 0.516. The van der Waals surface area contributed by atoms with Gasteiger partial charge in [-0.2, -0.15) is 0 Å². The molecule has 4 rings (SSSR count). The number of carbonyl (C=O) groups is 3. The molecule has 0 bridgehead atoms. The summed E-state index contributed by atoms with van der Waals surface area (Å²) in [7, 11) is 1.35. The van der Waals surface area contributed by atoms with Crippen LogP contribution in [0.25, 0.3) is 0 Å². The number of esters is 1. The molecule has 8 heteroatoms. The van der Waals surface area contributed by atoms with Gasteiger partial charge in [-0.3, -0.25) is 9.59 Å². The summed E-state index contributed by atoms with van der Waals surface area (Å²) >= 11 is 0. The third-order valence-corrected chi connectivity index (χ3v) is 7.89. The van der Waals surface area contributed by atoms with Crippen LogP contribution in [0, 0.1) is 5.41 Å². The number of benzene rings is 2. The first-order valence-electron chi connectivity index (χ1n) is 13.8. The zero-order chi connectivity index (χ0) is 28.2. The van der Waals surface area contributed by atoms with Crippen LogP contribution in [-0.2, 0) is 32.1 Å². The first-order valence-corrected chi connectivity index (χ1v) is 13.8. The highest BCUT2D eigenvalue weighted by atomic mass is 16.5. The number of nitrogens with zero attached hydrogens (tertiary/aromatic N) is 1. The summed E-state index contributed by atoms with van der Waals surface area (Å²) in [5.41, 5.74) is 9.74. The van der Waals surface area contributed by atoms with Crippen molar-refractivity contribution in [2.75, 3.05) is 13.7 Å². The molecule has 4 atom stereocenters. The maximum absolute atomic E-state index is 13.8. The van der Waals surface area contributed by atoms with Crippen molar-refractivity contribution in [2.24, 2.45) is 11.1 Å². The first-order chi connectivity index (χ1) is 18.6. The number of nitrogens with one attached hydrogen (secondary N) is 1. The molecule has 3 N–H and O–H groups in total. The predicted octanol–water partition coefficient (Wildman–Crippen LogP) is 3.92. The number of hydrogen-bond acceptors (Lipinski definition) is 6. The van der Waals surface area contributed by atoms with Crippen molar-refractivity contribution in [1.82, 2.24) is 10.2 Å². The van der Waals surface area contributed by atoms with Crippen molar-refractivity contribution in [3.63, 3.8) is 0 Å². The lowest BCUT2D eigenvalue weighted by Crippen LogP contribution is -2.60. The molecule has 2 aromatic carbocycles. The lowest BCUT2D eigenvalue weighted by molar-refractivity contribution is -0.149. The van der Waals surface area contributed by atoms with E-state index in [1.165, 1.54) is 12.7 Å². The molecule has 0 radical (unpaired) electrons. The van der Waals surface area contributed by atoms with Gasteiger partial charge >= 0.3 is 5.97 Å². The van der Waals surface area contributed by atoms with Crippen LogP contribution >= 0.6 is 0 Å². The Bertz CT molecular complexity index is 1170. The van der Waals surface area contributed by atoms with Gasteiger partial charge in [0.2, 0.25) is 11.8 Å². The zero-order valence-electron chi connectivity index (χ0n) is 23.4. The van der Waals surface area contributed by atoms with Gasteiger partial charge in [0.15, 0.2) is 0 Å². The fourth-order valence-electron chi connectivity index (χ4n) is 5.39. The molecule has 1 aliphatic heterocycles. The van der Waals surface area contributed by atoms with E-state index in [4.69, 9.17) is 15.2 Å². The van der Waals surface area contributed by atoms with Crippen LogP contribution in [-0.4, -0.2) is 54.5 Å². The number of carbonyl (C=O) groups excluding carboxylic acids is 3. The van der Waals surface area contributed by atoms with Gasteiger partial charge in [0.05, 0.1) is 37.5 Å². The molecule has 0 saturated carbocycles. The van der Waals surface area contributed by atoms with Crippen molar-refractivity contribution in [2.45, 2.75) is 83.7 Å². The van der Waals surface area contributed by atoms with Gasteiger partial charge in [-0.05, 0) is 59.9 Å². The molecule has 2 aliphatic rings. The first kappa shape index (κ1) is 28.8. The molecule has 1 heterocycles. The molecule has 1 saturated heterocycles. The molecule has 210 valence electrons. The van der Waals surface area contributed by atoms with E-state index in [-0.39, 0.29) is 29.9 Å². The van der Waals surface area contributed by atoms with Crippen molar-refractivity contribution in [1.29, 1.82) is 0 Å². The van der Waals surface area contributed by atoms with E-state index in [0.717, 1.165) is 30.4 Å². The van der Waals surface area contributed by atoms with Crippen molar-refractivity contribution >= 4 is 17.8 Å². The normalized spacial score (nSPS) is 22.0. The number of nitrogens with two attached hydrogens (primary N) is 1. The lowest BCUT2D eigenvalue weighted by atomic mass is 9.85. The van der Waals surface area contributed by atoms with Crippen LogP contribution in [0.2, 0.25) is 0 Å². The minimum atomic E-state index is -0.714. The molecular formula is C31H41N3O5. The maximum atomic E-state index is 13.8. The second-order valence-corrected chi connectivity index (χ2v) is 11.7. The molecule has 0 aromatic heterocycles. The average molecular weight is 536 g/mol. The fourth-order valence-corrected chi connectivity index (χ4v) is 5.39. The smallest absolute Gasteiger partial charge is 0.337 e. The van der Waals surface area contributed by atoms with E-state index in [9.17, 15) is 14.4 Å². The van der Waals surface area contributed by atoms with Gasteiger partial charge < -0.3 is 25.4 Å². The summed E-state index contributed by atoms with van der Waals surface area (Å²) in [4.78, 5) is 40.6. The summed E-state index contributed by atoms with van der Waals surface area (Å²) in [5, 5.41) is 3.25. The quantitative estimate of drug-likeness (QED) is 0.520. The van der Waals surface area contributed by atoms with E-state index >= 15 is 0 Å². The Morgan fingerprint density at radius 1 is 1.08 bits per heavy atom. The van der Waals surface area contributed by atoms with Crippen LogP contribution in [0.4, 0.5) is 0 Å². The number of hydrogen-bond donors (Lipinski definition) is 2. The second kappa shape index (κ2) is 12.3. The van der Waals surface area contributed by atoms with Gasteiger partial charge in [0, 0.05) is 13.0 Å². The molecule has 1 aliphatic carbocycles. The summed E-state index contributed by atoms with van der Waals surface area (Å²) in [6.45, 7) is 6.54. The Morgan fingerprint density at radius 2 is 1.79 bits per heavy atom. The predicted molar refractivity (Wildman–Crippen MR) is 149 cm³/mol. The number of fused-ring (bicyclic) bond motifs is 1. The van der Waals surface area contributed by atoms with Gasteiger partial charge in [-0.1, -0.05) is 57.2 Å². The molecule has 2 amide bonds. The number of piperidine rings is 1. The molecule has 39 heavy (non-hydrogen) atoms. The van der Waals surface area contributed by atoms with Gasteiger partial charge in [-0.15, -0.1) is 0 Å². The van der Waals surface area contributed by atoms with Crippen molar-refractivity contribution in [3.8, 4) is 0 Å². The summed E-state index contributed by atoms with van der Waals surface area (Å²) in [5.74, 6) is -0.757. The number of amides is 2. The number of rotatable bonds is 7. The third kappa shape index (κ3) is 6.86. The molecule has 2 aromatic rings. The highest BCUT2D eigenvalue weighted by Crippen LogP contribution is 2.31. The van der Waals surface area contributed by atoms with Crippen molar-refractivity contribution in [3.05, 3.63) is 70.8 Å². The Labute approximate surface area is 231 Å². The lowest BCUT2D eigenvalue weighted by Gasteiger charge is -2.42. The van der Waals surface area contributed by atoms with E-state index in [1.54, 1.807) is 17.0 Å². The number of ether oxygens (including phenoxy) is 2. The standard InChI is InChI=1S/C31H41N3O5/c1-31(2,3)27(32)29(36)34-17-16-23(39-19-20-12-14-22(15-13-20)30(37)38-4)18-26(34)28(35)33-25-11-7-9-21-8-5-6-10-24(21)25/h5-6,8,10,12-15,23,25-27H,7,9,11,16-19,32H2,1-4H3,(H,33,35)/t23-,25-,26+,27?/m1/s1. The topological polar surface area (TPSA) is 111 Å². The summed E-state index contributed by atoms with van der Waals surface area (Å²) < 4.78 is 11.0. The monoisotopic (exact) mass is 535 g/mol. The summed E-state index contributed by atoms with van der Waals surface area (Å²) in [6.07, 6.45) is 3.68. The van der Waals surface area contributed by atoms with Crippen LogP contribution in [0.1, 0.15) is 79.5 Å². The number of aryl methyl sites for hydroxylation is 1. The molecule has 1 unspecified atom stereocenters. The minimum absolute atomic E-state index is 0.0784. The molecule has 8 nitrogen and oxygen atoms in total. The molecule has 1 fully saturated rings. The van der Waals surface area contributed by atoms with Gasteiger partial charge in [0.25, 0.3) is 0 Å². The van der Waals surface area contributed by atoms with Gasteiger partial charge in [0.1, 0.15) is 6.04 Å². The Morgan fingerprint density at radius 3 is 2.49 bits per heavy atom. The van der Waals surface area contributed by atoms with Crippen LogP contribution in [0.5, 0.6) is 0 Å². The largest absolute Gasteiger partial charge is 0.465 e. The zero-order valence-corrected chi connectivity index (χ0v) is 23.4. The molecular weight excluding hydrogens is 494 g/mol. The highest BCUT2D eigenvalue weighted by molar-refractivity contribution is 5.91. The minimum Gasteiger partial charge on any atom is -0.465 e. The van der Waals surface area contributed by atoms with E-state index in [2.05, 4.69) is 17.4 Å². The van der Waals surface area contributed by atoms with Gasteiger partial charge in [-0.25, -0.2) is 4.79 Å². The maximum Gasteiger partial charge on any atom is 0.337 e. The SMILES string of the molecule is COC(=O)c1ccc(CO[C@@H]2CCN(C(=O)C(N)C(C)(C)C)[C@H](C(=O)N[C@@H]3CCCc4ccccc43)C2)cc1. The van der Waals surface area contributed by atoms with Crippen LogP contribution < -0.4 is 11.1 Å². The average Bonchev–Trinajstić information content (AvgIpc) is 2.94. The third-order valence-electron chi connectivity index (χ3n) is 7.89. The Kier molecular flexibility index (Phi) is 9.08. The summed E-state index contributed by atoms with van der Waals surface area (Å²) in [6, 6.07) is 13.9. The Balaban J connectivity index is 1.48. The van der Waals surface area contributed by atoms with E-state index in [0.29, 0.717) is 31.6 Å². The second-order valence-electron chi connectivity index (χ2n) is 11.7. The van der Waals surface area contributed by atoms with E-state index in [1.807, 2.05) is 45.0 Å². The number of likely N-dealkylation sites (tertiary alicyclic amines) is 1. The van der Waals surface area contributed by atoms with Crippen molar-refractivity contribution < 1.29 is 23.9 Å². The number of methoxy groups -OCH3 is 1. The van der Waals surface area contributed by atoms with E-state index < -0.39 is 17.5 Å². The van der Waals surface area contributed by atoms with Crippen LogP contribution in [0.3, 0.4) is 0 Å². The Hall–Kier alpha value is -3.23.